The lowest BCUT2D eigenvalue weighted by Crippen LogP contribution is -2.11. The third kappa shape index (κ3) is 4.84. The smallest absolute Gasteiger partial charge is 0.291 e. The zero-order valence-electron chi connectivity index (χ0n) is 15.7. The van der Waals surface area contributed by atoms with E-state index in [4.69, 9.17) is 32.4 Å². The van der Waals surface area contributed by atoms with Crippen LogP contribution < -0.4 is 10.1 Å². The summed E-state index contributed by atoms with van der Waals surface area (Å²) in [5, 5.41) is 7.77. The Kier molecular flexibility index (Phi) is 6.07. The molecule has 0 atom stereocenters. The molecule has 2 heterocycles. The first kappa shape index (κ1) is 20.1. The van der Waals surface area contributed by atoms with Gasteiger partial charge in [0, 0.05) is 18.1 Å². The maximum absolute atomic E-state index is 12.5. The fourth-order valence-corrected chi connectivity index (χ4v) is 3.19. The van der Waals surface area contributed by atoms with E-state index in [1.165, 1.54) is 0 Å². The molecule has 0 saturated carbocycles. The lowest BCUT2D eigenvalue weighted by Gasteiger charge is -2.08. The van der Waals surface area contributed by atoms with Crippen molar-refractivity contribution in [1.82, 2.24) is 9.78 Å². The molecule has 4 aromatic rings. The third-order valence-electron chi connectivity index (χ3n) is 4.26. The van der Waals surface area contributed by atoms with Gasteiger partial charge in [0.25, 0.3) is 5.91 Å². The number of rotatable bonds is 7. The SMILES string of the molecule is O=C(Nc1cccc(Cn2cccn2)c1)c1ccc(COc2cccc(Cl)c2Cl)o1. The first-order chi connectivity index (χ1) is 14.6. The van der Waals surface area contributed by atoms with Crippen LogP contribution in [0.5, 0.6) is 5.75 Å². The van der Waals surface area contributed by atoms with Crippen LogP contribution >= 0.6 is 23.2 Å². The van der Waals surface area contributed by atoms with Crippen molar-refractivity contribution in [3.8, 4) is 5.75 Å². The minimum absolute atomic E-state index is 0.118. The van der Waals surface area contributed by atoms with E-state index >= 15 is 0 Å². The summed E-state index contributed by atoms with van der Waals surface area (Å²) in [5.41, 5.74) is 1.69. The number of anilines is 1. The molecule has 2 aromatic heterocycles. The summed E-state index contributed by atoms with van der Waals surface area (Å²) >= 11 is 12.1. The Morgan fingerprint density at radius 3 is 2.80 bits per heavy atom. The van der Waals surface area contributed by atoms with Gasteiger partial charge in [-0.15, -0.1) is 0 Å². The highest BCUT2D eigenvalue weighted by Gasteiger charge is 2.13. The fraction of sp³-hybridized carbons (Fsp3) is 0.0909. The maximum Gasteiger partial charge on any atom is 0.291 e. The zero-order valence-corrected chi connectivity index (χ0v) is 17.2. The van der Waals surface area contributed by atoms with Gasteiger partial charge in [0.15, 0.2) is 5.76 Å². The summed E-state index contributed by atoms with van der Waals surface area (Å²) in [6.07, 6.45) is 3.61. The number of furan rings is 1. The van der Waals surface area contributed by atoms with Crippen LogP contribution in [0.3, 0.4) is 0 Å². The van der Waals surface area contributed by atoms with E-state index in [1.54, 1.807) is 36.5 Å². The van der Waals surface area contributed by atoms with Gasteiger partial charge in [0.05, 0.1) is 11.6 Å². The molecule has 0 fully saturated rings. The zero-order chi connectivity index (χ0) is 20.9. The number of carbonyl (C=O) groups is 1. The lowest BCUT2D eigenvalue weighted by molar-refractivity contribution is 0.0992. The molecule has 8 heteroatoms. The molecule has 0 aliphatic rings. The van der Waals surface area contributed by atoms with Crippen molar-refractivity contribution in [3.63, 3.8) is 0 Å². The number of ether oxygens (including phenoxy) is 1. The molecule has 0 aliphatic heterocycles. The summed E-state index contributed by atoms with van der Waals surface area (Å²) in [6.45, 7) is 0.734. The monoisotopic (exact) mass is 441 g/mol. The molecule has 30 heavy (non-hydrogen) atoms. The van der Waals surface area contributed by atoms with Gasteiger partial charge in [0.1, 0.15) is 23.1 Å². The van der Waals surface area contributed by atoms with E-state index < -0.39 is 0 Å². The topological polar surface area (TPSA) is 69.3 Å². The molecular weight excluding hydrogens is 425 g/mol. The van der Waals surface area contributed by atoms with Gasteiger partial charge in [0.2, 0.25) is 0 Å². The van der Waals surface area contributed by atoms with E-state index in [9.17, 15) is 4.79 Å². The van der Waals surface area contributed by atoms with Gasteiger partial charge in [-0.3, -0.25) is 9.48 Å². The second-order valence-electron chi connectivity index (χ2n) is 6.46. The van der Waals surface area contributed by atoms with Gasteiger partial charge in [-0.25, -0.2) is 0 Å². The summed E-state index contributed by atoms with van der Waals surface area (Å²) < 4.78 is 13.0. The third-order valence-corrected chi connectivity index (χ3v) is 5.06. The molecule has 0 aliphatic carbocycles. The Morgan fingerprint density at radius 2 is 1.97 bits per heavy atom. The maximum atomic E-state index is 12.5. The van der Waals surface area contributed by atoms with Gasteiger partial charge in [-0.2, -0.15) is 5.10 Å². The molecular formula is C22H17Cl2N3O3. The van der Waals surface area contributed by atoms with Crippen molar-refractivity contribution < 1.29 is 13.9 Å². The van der Waals surface area contributed by atoms with Gasteiger partial charge in [-0.1, -0.05) is 41.4 Å². The highest BCUT2D eigenvalue weighted by molar-refractivity contribution is 6.42. The summed E-state index contributed by atoms with van der Waals surface area (Å²) in [5.74, 6) is 0.769. The highest BCUT2D eigenvalue weighted by atomic mass is 35.5. The Labute approximate surface area is 183 Å². The van der Waals surface area contributed by atoms with Crippen LogP contribution in [0.4, 0.5) is 5.69 Å². The normalized spacial score (nSPS) is 10.7. The number of hydrogen-bond acceptors (Lipinski definition) is 4. The molecule has 2 aromatic carbocycles. The van der Waals surface area contributed by atoms with Crippen LogP contribution in [-0.2, 0) is 13.2 Å². The second kappa shape index (κ2) is 9.07. The lowest BCUT2D eigenvalue weighted by atomic mass is 10.2. The van der Waals surface area contributed by atoms with Crippen LogP contribution in [0.2, 0.25) is 10.0 Å². The van der Waals surface area contributed by atoms with E-state index in [-0.39, 0.29) is 18.3 Å². The van der Waals surface area contributed by atoms with Gasteiger partial charge in [-0.05, 0) is 48.0 Å². The Hall–Kier alpha value is -3.22. The van der Waals surface area contributed by atoms with Crippen LogP contribution in [0.25, 0.3) is 0 Å². The molecule has 1 amide bonds. The van der Waals surface area contributed by atoms with E-state index in [0.29, 0.717) is 33.8 Å². The van der Waals surface area contributed by atoms with Crippen molar-refractivity contribution in [3.05, 3.63) is 100 Å². The Bertz CT molecular complexity index is 1160. The van der Waals surface area contributed by atoms with Crippen LogP contribution in [0.1, 0.15) is 21.9 Å². The van der Waals surface area contributed by atoms with Crippen molar-refractivity contribution in [2.75, 3.05) is 5.32 Å². The first-order valence-corrected chi connectivity index (χ1v) is 9.87. The first-order valence-electron chi connectivity index (χ1n) is 9.12. The van der Waals surface area contributed by atoms with Crippen molar-refractivity contribution in [2.45, 2.75) is 13.2 Å². The fourth-order valence-electron chi connectivity index (χ4n) is 2.84. The molecule has 0 saturated heterocycles. The molecule has 152 valence electrons. The summed E-state index contributed by atoms with van der Waals surface area (Å²) in [4.78, 5) is 12.5. The molecule has 4 rings (SSSR count). The molecule has 6 nitrogen and oxygen atoms in total. The highest BCUT2D eigenvalue weighted by Crippen LogP contribution is 2.32. The number of aromatic nitrogens is 2. The van der Waals surface area contributed by atoms with Gasteiger partial charge < -0.3 is 14.5 Å². The summed E-state index contributed by atoms with van der Waals surface area (Å²) in [7, 11) is 0. The number of carbonyl (C=O) groups excluding carboxylic acids is 1. The van der Waals surface area contributed by atoms with Gasteiger partial charge >= 0.3 is 0 Å². The Balaban J connectivity index is 1.38. The molecule has 0 radical (unpaired) electrons. The van der Waals surface area contributed by atoms with E-state index in [2.05, 4.69) is 10.4 Å². The molecule has 1 N–H and O–H groups in total. The standard InChI is InChI=1S/C22H17Cl2N3O3/c23-18-6-2-7-19(21(18)24)29-14-17-8-9-20(30-17)22(28)26-16-5-1-4-15(12-16)13-27-11-3-10-25-27/h1-12H,13-14H2,(H,26,28). The Morgan fingerprint density at radius 1 is 1.10 bits per heavy atom. The second-order valence-corrected chi connectivity index (χ2v) is 7.25. The van der Waals surface area contributed by atoms with Crippen LogP contribution in [0.15, 0.2) is 77.5 Å². The molecule has 0 spiro atoms. The number of nitrogens with zero attached hydrogens (tertiary/aromatic N) is 2. The minimum Gasteiger partial charge on any atom is -0.484 e. The number of hydrogen-bond donors (Lipinski definition) is 1. The summed E-state index contributed by atoms with van der Waals surface area (Å²) in [6, 6.07) is 17.8. The average molecular weight is 442 g/mol. The largest absolute Gasteiger partial charge is 0.484 e. The average Bonchev–Trinajstić information content (AvgIpc) is 3.41. The quantitative estimate of drug-likeness (QED) is 0.401. The predicted octanol–water partition coefficient (Wildman–Crippen LogP) is 5.66. The minimum atomic E-state index is -0.349. The van der Waals surface area contributed by atoms with Crippen molar-refractivity contribution >= 4 is 34.8 Å². The van der Waals surface area contributed by atoms with Crippen LogP contribution in [-0.4, -0.2) is 15.7 Å². The number of halogens is 2. The number of nitrogens with one attached hydrogen (secondary N) is 1. The van der Waals surface area contributed by atoms with Crippen molar-refractivity contribution in [1.29, 1.82) is 0 Å². The predicted molar refractivity (Wildman–Crippen MR) is 115 cm³/mol. The number of amides is 1. The van der Waals surface area contributed by atoms with E-state index in [1.807, 2.05) is 41.2 Å². The number of benzene rings is 2. The van der Waals surface area contributed by atoms with Crippen LogP contribution in [0, 0.1) is 0 Å². The molecule has 0 bridgehead atoms. The molecule has 0 unspecified atom stereocenters. The van der Waals surface area contributed by atoms with E-state index in [0.717, 1.165) is 5.56 Å². The van der Waals surface area contributed by atoms with Crippen molar-refractivity contribution in [2.24, 2.45) is 0 Å².